The van der Waals surface area contributed by atoms with Crippen LogP contribution < -0.4 is 10.1 Å². The summed E-state index contributed by atoms with van der Waals surface area (Å²) < 4.78 is 5.05. The number of para-hydroxylation sites is 1. The first-order valence-corrected chi connectivity index (χ1v) is 6.99. The summed E-state index contributed by atoms with van der Waals surface area (Å²) in [6.45, 7) is 1.93. The molecule has 1 heterocycles. The lowest BCUT2D eigenvalue weighted by Gasteiger charge is -2.27. The first-order chi connectivity index (χ1) is 9.65. The van der Waals surface area contributed by atoms with Crippen LogP contribution in [0.1, 0.15) is 29.6 Å². The maximum atomic E-state index is 12.5. The van der Waals surface area contributed by atoms with Crippen molar-refractivity contribution in [3.8, 4) is 11.5 Å². The molecule has 0 bridgehead atoms. The van der Waals surface area contributed by atoms with E-state index in [9.17, 15) is 9.90 Å². The molecule has 1 aromatic carbocycles. The highest BCUT2D eigenvalue weighted by molar-refractivity contribution is 5.97. The first-order valence-electron chi connectivity index (χ1n) is 6.99. The summed E-state index contributed by atoms with van der Waals surface area (Å²) in [5.41, 5.74) is 0.295. The van der Waals surface area contributed by atoms with Crippen molar-refractivity contribution in [1.29, 1.82) is 0 Å². The van der Waals surface area contributed by atoms with E-state index in [1.54, 1.807) is 30.1 Å². The van der Waals surface area contributed by atoms with Crippen LogP contribution in [-0.4, -0.2) is 49.2 Å². The Hall–Kier alpha value is -1.75. The highest BCUT2D eigenvalue weighted by Crippen LogP contribution is 2.30. The van der Waals surface area contributed by atoms with Gasteiger partial charge in [0, 0.05) is 13.1 Å². The molecule has 0 radical (unpaired) electrons. The van der Waals surface area contributed by atoms with Crippen LogP contribution in [0, 0.1) is 0 Å². The molecule has 0 aromatic heterocycles. The van der Waals surface area contributed by atoms with E-state index < -0.39 is 0 Å². The third-order valence-corrected chi connectivity index (χ3v) is 3.86. The number of aromatic hydroxyl groups is 1. The minimum absolute atomic E-state index is 0.0846. The number of methoxy groups -OCH3 is 1. The Morgan fingerprint density at radius 2 is 2.20 bits per heavy atom. The molecule has 5 nitrogen and oxygen atoms in total. The van der Waals surface area contributed by atoms with Crippen molar-refractivity contribution in [2.24, 2.45) is 0 Å². The number of rotatable bonds is 3. The van der Waals surface area contributed by atoms with Gasteiger partial charge < -0.3 is 20.1 Å². The highest BCUT2D eigenvalue weighted by atomic mass is 16.5. The molecule has 0 aliphatic carbocycles. The van der Waals surface area contributed by atoms with Crippen LogP contribution in [0.3, 0.4) is 0 Å². The standard InChI is InChI=1S/C15H22N2O3/c1-17(11-5-4-9-16-10-8-11)15(19)12-6-3-7-13(20-2)14(12)18/h3,6-7,11,16,18H,4-5,8-10H2,1-2H3. The van der Waals surface area contributed by atoms with Crippen LogP contribution >= 0.6 is 0 Å². The number of nitrogens with zero attached hydrogens (tertiary/aromatic N) is 1. The van der Waals surface area contributed by atoms with Crippen molar-refractivity contribution >= 4 is 5.91 Å². The molecule has 1 fully saturated rings. The maximum Gasteiger partial charge on any atom is 0.257 e. The molecule has 1 amide bonds. The SMILES string of the molecule is COc1cccc(C(=O)N(C)C2CCCNCC2)c1O. The Kier molecular flexibility index (Phi) is 4.84. The van der Waals surface area contributed by atoms with Crippen LogP contribution in [0.15, 0.2) is 18.2 Å². The zero-order valence-corrected chi connectivity index (χ0v) is 12.1. The Morgan fingerprint density at radius 3 is 2.95 bits per heavy atom. The molecule has 1 atom stereocenters. The fourth-order valence-electron chi connectivity index (χ4n) is 2.60. The number of phenolic OH excluding ortho intramolecular Hbond substituents is 1. The molecule has 1 aromatic rings. The van der Waals surface area contributed by atoms with E-state index >= 15 is 0 Å². The zero-order valence-electron chi connectivity index (χ0n) is 12.1. The van der Waals surface area contributed by atoms with Gasteiger partial charge in [-0.25, -0.2) is 0 Å². The Bertz CT molecular complexity index is 468. The predicted molar refractivity (Wildman–Crippen MR) is 77.3 cm³/mol. The van der Waals surface area contributed by atoms with Crippen molar-refractivity contribution in [2.45, 2.75) is 25.3 Å². The minimum atomic E-state index is -0.159. The van der Waals surface area contributed by atoms with Gasteiger partial charge in [-0.2, -0.15) is 0 Å². The van der Waals surface area contributed by atoms with Crippen molar-refractivity contribution in [3.63, 3.8) is 0 Å². The van der Waals surface area contributed by atoms with E-state index in [2.05, 4.69) is 5.32 Å². The Morgan fingerprint density at radius 1 is 1.40 bits per heavy atom. The van der Waals surface area contributed by atoms with E-state index in [1.807, 2.05) is 0 Å². The molecule has 2 N–H and O–H groups in total. The number of hydrogen-bond donors (Lipinski definition) is 2. The van der Waals surface area contributed by atoms with E-state index in [0.29, 0.717) is 11.3 Å². The van der Waals surface area contributed by atoms with Crippen molar-refractivity contribution in [1.82, 2.24) is 10.2 Å². The van der Waals surface area contributed by atoms with Gasteiger partial charge in [-0.3, -0.25) is 4.79 Å². The van der Waals surface area contributed by atoms with Crippen molar-refractivity contribution in [3.05, 3.63) is 23.8 Å². The fraction of sp³-hybridized carbons (Fsp3) is 0.533. The molecule has 1 unspecified atom stereocenters. The number of phenols is 1. The second kappa shape index (κ2) is 6.61. The smallest absolute Gasteiger partial charge is 0.257 e. The van der Waals surface area contributed by atoms with Crippen LogP contribution in [0.25, 0.3) is 0 Å². The fourth-order valence-corrected chi connectivity index (χ4v) is 2.60. The number of benzene rings is 1. The third-order valence-electron chi connectivity index (χ3n) is 3.86. The molecule has 2 rings (SSSR count). The molecular weight excluding hydrogens is 256 g/mol. The normalized spacial score (nSPS) is 19.2. The summed E-state index contributed by atoms with van der Waals surface area (Å²) in [4.78, 5) is 14.3. The summed E-state index contributed by atoms with van der Waals surface area (Å²) in [7, 11) is 3.28. The maximum absolute atomic E-state index is 12.5. The number of carbonyl (C=O) groups excluding carboxylic acids is 1. The average Bonchev–Trinajstić information content (AvgIpc) is 2.75. The largest absolute Gasteiger partial charge is 0.504 e. The quantitative estimate of drug-likeness (QED) is 0.882. The van der Waals surface area contributed by atoms with Gasteiger partial charge in [-0.15, -0.1) is 0 Å². The van der Waals surface area contributed by atoms with Gasteiger partial charge >= 0.3 is 0 Å². The first kappa shape index (κ1) is 14.7. The number of nitrogens with one attached hydrogen (secondary N) is 1. The molecule has 1 aliphatic heterocycles. The van der Waals surface area contributed by atoms with Gasteiger partial charge in [0.2, 0.25) is 0 Å². The molecule has 1 saturated heterocycles. The second-order valence-corrected chi connectivity index (χ2v) is 5.11. The molecule has 0 spiro atoms. The highest BCUT2D eigenvalue weighted by Gasteiger charge is 2.24. The molecular formula is C15H22N2O3. The van der Waals surface area contributed by atoms with Gasteiger partial charge in [0.25, 0.3) is 5.91 Å². The van der Waals surface area contributed by atoms with Gasteiger partial charge in [0.15, 0.2) is 11.5 Å². The topological polar surface area (TPSA) is 61.8 Å². The van der Waals surface area contributed by atoms with Crippen LogP contribution in [0.5, 0.6) is 11.5 Å². The van der Waals surface area contributed by atoms with Gasteiger partial charge in [-0.1, -0.05) is 6.07 Å². The third kappa shape index (κ3) is 3.04. The van der Waals surface area contributed by atoms with Crippen molar-refractivity contribution in [2.75, 3.05) is 27.2 Å². The summed E-state index contributed by atoms with van der Waals surface area (Å²) in [6, 6.07) is 5.20. The predicted octanol–water partition coefficient (Wildman–Crippen LogP) is 1.61. The summed E-state index contributed by atoms with van der Waals surface area (Å²) in [6.07, 6.45) is 2.99. The zero-order chi connectivity index (χ0) is 14.5. The monoisotopic (exact) mass is 278 g/mol. The average molecular weight is 278 g/mol. The van der Waals surface area contributed by atoms with E-state index in [0.717, 1.165) is 32.4 Å². The van der Waals surface area contributed by atoms with Gasteiger partial charge in [-0.05, 0) is 44.5 Å². The van der Waals surface area contributed by atoms with E-state index in [-0.39, 0.29) is 17.7 Å². The summed E-state index contributed by atoms with van der Waals surface area (Å²) >= 11 is 0. The summed E-state index contributed by atoms with van der Waals surface area (Å²) in [5, 5.41) is 13.4. The minimum Gasteiger partial charge on any atom is -0.504 e. The lowest BCUT2D eigenvalue weighted by molar-refractivity contribution is 0.0717. The molecule has 1 aliphatic rings. The van der Waals surface area contributed by atoms with Crippen molar-refractivity contribution < 1.29 is 14.6 Å². The van der Waals surface area contributed by atoms with Crippen LogP contribution in [0.4, 0.5) is 0 Å². The Balaban J connectivity index is 2.17. The van der Waals surface area contributed by atoms with Gasteiger partial charge in [0.05, 0.1) is 12.7 Å². The number of hydrogen-bond acceptors (Lipinski definition) is 4. The van der Waals surface area contributed by atoms with Crippen LogP contribution in [-0.2, 0) is 0 Å². The molecule has 110 valence electrons. The molecule has 5 heteroatoms. The molecule has 20 heavy (non-hydrogen) atoms. The Labute approximate surface area is 119 Å². The number of amides is 1. The molecule has 0 saturated carbocycles. The summed E-state index contributed by atoms with van der Waals surface area (Å²) in [5.74, 6) is 0.0821. The van der Waals surface area contributed by atoms with E-state index in [4.69, 9.17) is 4.74 Å². The lowest BCUT2D eigenvalue weighted by atomic mass is 10.1. The lowest BCUT2D eigenvalue weighted by Crippen LogP contribution is -2.37. The number of carbonyl (C=O) groups is 1. The van der Waals surface area contributed by atoms with E-state index in [1.165, 1.54) is 7.11 Å². The van der Waals surface area contributed by atoms with Gasteiger partial charge in [0.1, 0.15) is 0 Å². The second-order valence-electron chi connectivity index (χ2n) is 5.11. The van der Waals surface area contributed by atoms with Crippen LogP contribution in [0.2, 0.25) is 0 Å². The number of ether oxygens (including phenoxy) is 1.